The molecule has 0 N–H and O–H groups in total. The standard InChI is InChI=1S/C10H15NO/c1-9(10-5-4-8-12-10)11-6-2-3-7-11/h2-3,6-7,9-10H,4-5,8H2,1H3. The highest BCUT2D eigenvalue weighted by Crippen LogP contribution is 2.23. The number of hydrogen-bond acceptors (Lipinski definition) is 1. The minimum Gasteiger partial charge on any atom is -0.376 e. The molecule has 2 unspecified atom stereocenters. The SMILES string of the molecule is CC(C1CCCO1)n1cccc1. The van der Waals surface area contributed by atoms with Crippen molar-refractivity contribution >= 4 is 0 Å². The van der Waals surface area contributed by atoms with Gasteiger partial charge in [0.25, 0.3) is 0 Å². The molecule has 0 aromatic carbocycles. The maximum Gasteiger partial charge on any atom is 0.0780 e. The first-order valence-corrected chi connectivity index (χ1v) is 4.62. The summed E-state index contributed by atoms with van der Waals surface area (Å²) in [7, 11) is 0. The Bertz CT molecular complexity index is 224. The minimum atomic E-state index is 0.428. The van der Waals surface area contributed by atoms with Crippen LogP contribution < -0.4 is 0 Å². The van der Waals surface area contributed by atoms with Crippen LogP contribution in [0.4, 0.5) is 0 Å². The number of nitrogens with zero attached hydrogens (tertiary/aromatic N) is 1. The Morgan fingerprint density at radius 2 is 2.17 bits per heavy atom. The van der Waals surface area contributed by atoms with Crippen LogP contribution in [0.25, 0.3) is 0 Å². The molecule has 2 heteroatoms. The molecule has 0 radical (unpaired) electrons. The molecule has 0 aliphatic carbocycles. The van der Waals surface area contributed by atoms with Crippen LogP contribution in [-0.4, -0.2) is 17.3 Å². The molecular formula is C10H15NO. The van der Waals surface area contributed by atoms with Gasteiger partial charge in [0.2, 0.25) is 0 Å². The fourth-order valence-electron chi connectivity index (χ4n) is 1.79. The van der Waals surface area contributed by atoms with Crippen molar-refractivity contribution in [3.8, 4) is 0 Å². The van der Waals surface area contributed by atoms with Crippen LogP contribution >= 0.6 is 0 Å². The van der Waals surface area contributed by atoms with Crippen LogP contribution in [0.15, 0.2) is 24.5 Å². The molecule has 1 aliphatic rings. The van der Waals surface area contributed by atoms with E-state index in [0.717, 1.165) is 6.61 Å². The molecule has 1 aromatic rings. The summed E-state index contributed by atoms with van der Waals surface area (Å²) in [5.41, 5.74) is 0. The quantitative estimate of drug-likeness (QED) is 0.655. The molecule has 2 nitrogen and oxygen atoms in total. The monoisotopic (exact) mass is 165 g/mol. The highest BCUT2D eigenvalue weighted by Gasteiger charge is 2.22. The van der Waals surface area contributed by atoms with E-state index < -0.39 is 0 Å². The van der Waals surface area contributed by atoms with Crippen molar-refractivity contribution in [1.82, 2.24) is 4.57 Å². The topological polar surface area (TPSA) is 14.2 Å². The van der Waals surface area contributed by atoms with Crippen LogP contribution in [0.5, 0.6) is 0 Å². The van der Waals surface area contributed by atoms with E-state index in [1.54, 1.807) is 0 Å². The molecule has 0 saturated carbocycles. The Morgan fingerprint density at radius 3 is 2.75 bits per heavy atom. The number of rotatable bonds is 2. The lowest BCUT2D eigenvalue weighted by Gasteiger charge is -2.19. The molecule has 1 aliphatic heterocycles. The van der Waals surface area contributed by atoms with Crippen LogP contribution in [0.2, 0.25) is 0 Å². The van der Waals surface area contributed by atoms with Gasteiger partial charge in [0.1, 0.15) is 0 Å². The van der Waals surface area contributed by atoms with Gasteiger partial charge in [-0.15, -0.1) is 0 Å². The van der Waals surface area contributed by atoms with Crippen molar-refractivity contribution in [2.75, 3.05) is 6.61 Å². The van der Waals surface area contributed by atoms with Gasteiger partial charge in [-0.1, -0.05) is 0 Å². The Kier molecular flexibility index (Phi) is 2.17. The molecule has 2 rings (SSSR count). The van der Waals surface area contributed by atoms with Gasteiger partial charge in [0, 0.05) is 19.0 Å². The Hall–Kier alpha value is -0.760. The van der Waals surface area contributed by atoms with Gasteiger partial charge in [-0.25, -0.2) is 0 Å². The zero-order valence-corrected chi connectivity index (χ0v) is 7.44. The Labute approximate surface area is 73.1 Å². The lowest BCUT2D eigenvalue weighted by atomic mass is 10.1. The maximum absolute atomic E-state index is 5.62. The van der Waals surface area contributed by atoms with E-state index in [1.165, 1.54) is 12.8 Å². The van der Waals surface area contributed by atoms with Crippen LogP contribution in [0.3, 0.4) is 0 Å². The molecular weight excluding hydrogens is 150 g/mol. The predicted molar refractivity (Wildman–Crippen MR) is 48.1 cm³/mol. The van der Waals surface area contributed by atoms with Crippen LogP contribution in [0, 0.1) is 0 Å². The summed E-state index contributed by atoms with van der Waals surface area (Å²) < 4.78 is 7.84. The van der Waals surface area contributed by atoms with Crippen molar-refractivity contribution in [2.45, 2.75) is 31.9 Å². The molecule has 1 fully saturated rings. The maximum atomic E-state index is 5.62. The molecule has 2 atom stereocenters. The van der Waals surface area contributed by atoms with Crippen molar-refractivity contribution in [3.05, 3.63) is 24.5 Å². The summed E-state index contributed by atoms with van der Waals surface area (Å²) in [5, 5.41) is 0. The first-order valence-electron chi connectivity index (χ1n) is 4.62. The lowest BCUT2D eigenvalue weighted by molar-refractivity contribution is 0.0734. The third-order valence-corrected chi connectivity index (χ3v) is 2.60. The summed E-state index contributed by atoms with van der Waals surface area (Å²) in [4.78, 5) is 0. The third-order valence-electron chi connectivity index (χ3n) is 2.60. The van der Waals surface area contributed by atoms with Gasteiger partial charge < -0.3 is 9.30 Å². The fraction of sp³-hybridized carbons (Fsp3) is 0.600. The molecule has 0 bridgehead atoms. The van der Waals surface area contributed by atoms with Gasteiger partial charge in [0.15, 0.2) is 0 Å². The van der Waals surface area contributed by atoms with Gasteiger partial charge >= 0.3 is 0 Å². The third kappa shape index (κ3) is 1.39. The summed E-state index contributed by atoms with van der Waals surface area (Å²) in [5.74, 6) is 0. The second kappa shape index (κ2) is 3.31. The summed E-state index contributed by atoms with van der Waals surface area (Å²) >= 11 is 0. The molecule has 66 valence electrons. The van der Waals surface area contributed by atoms with Crippen molar-refractivity contribution < 1.29 is 4.74 Å². The molecule has 0 amide bonds. The van der Waals surface area contributed by atoms with E-state index in [1.807, 2.05) is 0 Å². The van der Waals surface area contributed by atoms with E-state index >= 15 is 0 Å². The van der Waals surface area contributed by atoms with Crippen molar-refractivity contribution in [1.29, 1.82) is 0 Å². The minimum absolute atomic E-state index is 0.428. The van der Waals surface area contributed by atoms with E-state index in [0.29, 0.717) is 12.1 Å². The summed E-state index contributed by atoms with van der Waals surface area (Å²) in [6, 6.07) is 4.61. The molecule has 12 heavy (non-hydrogen) atoms. The molecule has 1 aromatic heterocycles. The van der Waals surface area contributed by atoms with Crippen LogP contribution in [-0.2, 0) is 4.74 Å². The molecule has 0 spiro atoms. The Balaban J connectivity index is 2.04. The normalized spacial score (nSPS) is 25.9. The lowest BCUT2D eigenvalue weighted by Crippen LogP contribution is -2.19. The van der Waals surface area contributed by atoms with Crippen molar-refractivity contribution in [3.63, 3.8) is 0 Å². The van der Waals surface area contributed by atoms with Crippen molar-refractivity contribution in [2.24, 2.45) is 0 Å². The average molecular weight is 165 g/mol. The first kappa shape index (κ1) is 7.87. The average Bonchev–Trinajstić information content (AvgIpc) is 2.77. The second-order valence-corrected chi connectivity index (χ2v) is 3.42. The second-order valence-electron chi connectivity index (χ2n) is 3.42. The highest BCUT2D eigenvalue weighted by atomic mass is 16.5. The van der Waals surface area contributed by atoms with Gasteiger partial charge in [-0.3, -0.25) is 0 Å². The summed E-state index contributed by atoms with van der Waals surface area (Å²) in [6.07, 6.45) is 7.06. The number of ether oxygens (including phenoxy) is 1. The smallest absolute Gasteiger partial charge is 0.0780 e. The van der Waals surface area contributed by atoms with Gasteiger partial charge in [-0.05, 0) is 31.9 Å². The van der Waals surface area contributed by atoms with E-state index in [-0.39, 0.29) is 0 Å². The number of aromatic nitrogens is 1. The van der Waals surface area contributed by atoms with Gasteiger partial charge in [0.05, 0.1) is 12.1 Å². The zero-order valence-electron chi connectivity index (χ0n) is 7.44. The highest BCUT2D eigenvalue weighted by molar-refractivity contribution is 4.94. The van der Waals surface area contributed by atoms with E-state index in [4.69, 9.17) is 4.74 Å². The molecule has 2 heterocycles. The first-order chi connectivity index (χ1) is 5.88. The van der Waals surface area contributed by atoms with Gasteiger partial charge in [-0.2, -0.15) is 0 Å². The molecule has 1 saturated heterocycles. The largest absolute Gasteiger partial charge is 0.376 e. The van der Waals surface area contributed by atoms with E-state index in [9.17, 15) is 0 Å². The van der Waals surface area contributed by atoms with Crippen LogP contribution in [0.1, 0.15) is 25.8 Å². The predicted octanol–water partition coefficient (Wildman–Crippen LogP) is 2.23. The van der Waals surface area contributed by atoms with E-state index in [2.05, 4.69) is 36.0 Å². The summed E-state index contributed by atoms with van der Waals surface area (Å²) in [6.45, 7) is 3.16. The Morgan fingerprint density at radius 1 is 1.42 bits per heavy atom. The fourth-order valence-corrected chi connectivity index (χ4v) is 1.79. The number of hydrogen-bond donors (Lipinski definition) is 0. The zero-order chi connectivity index (χ0) is 8.39.